The first-order valence-electron chi connectivity index (χ1n) is 5.93. The zero-order chi connectivity index (χ0) is 13.0. The van der Waals surface area contributed by atoms with Crippen LogP contribution in [0.3, 0.4) is 0 Å². The maximum absolute atomic E-state index is 10.6. The van der Waals surface area contributed by atoms with Gasteiger partial charge in [0, 0.05) is 16.2 Å². The molecule has 0 amide bonds. The minimum absolute atomic E-state index is 0.728. The van der Waals surface area contributed by atoms with E-state index in [1.807, 2.05) is 24.3 Å². The molecule has 0 heterocycles. The molecule has 92 valence electrons. The molecule has 0 fully saturated rings. The Morgan fingerprint density at radius 3 is 2.44 bits per heavy atom. The lowest BCUT2D eigenvalue weighted by atomic mass is 10.1. The molecular weight excluding hydrogens is 240 g/mol. The largest absolute Gasteiger partial charge is 0.298 e. The molecule has 2 aromatic rings. The third-order valence-electron chi connectivity index (χ3n) is 2.92. The number of hydrogen-bond donors (Lipinski definition) is 0. The first-order chi connectivity index (χ1) is 8.69. The van der Waals surface area contributed by atoms with Crippen molar-refractivity contribution in [3.63, 3.8) is 0 Å². The molecule has 0 bridgehead atoms. The summed E-state index contributed by atoms with van der Waals surface area (Å²) >= 11 is 1.80. The average molecular weight is 256 g/mol. The molecule has 0 aliphatic rings. The fourth-order valence-corrected chi connectivity index (χ4v) is 2.72. The molecule has 1 nitrogen and oxygen atoms in total. The van der Waals surface area contributed by atoms with Crippen LogP contribution >= 0.6 is 11.8 Å². The van der Waals surface area contributed by atoms with Crippen LogP contribution in [0.1, 0.15) is 27.0 Å². The van der Waals surface area contributed by atoms with E-state index >= 15 is 0 Å². The topological polar surface area (TPSA) is 17.1 Å². The highest BCUT2D eigenvalue weighted by molar-refractivity contribution is 7.98. The van der Waals surface area contributed by atoms with Gasteiger partial charge in [-0.25, -0.2) is 0 Å². The fraction of sp³-hybridized carbons (Fsp3) is 0.188. The summed E-state index contributed by atoms with van der Waals surface area (Å²) in [5.74, 6) is 0.966. The summed E-state index contributed by atoms with van der Waals surface area (Å²) in [5.41, 5.74) is 4.73. The predicted octanol–water partition coefficient (Wildman–Crippen LogP) is 4.41. The van der Waals surface area contributed by atoms with Crippen LogP contribution in [0.5, 0.6) is 0 Å². The highest BCUT2D eigenvalue weighted by Crippen LogP contribution is 2.25. The molecule has 0 unspecified atom stereocenters. The number of carbonyl (C=O) groups is 1. The van der Waals surface area contributed by atoms with E-state index in [0.29, 0.717) is 0 Å². The smallest absolute Gasteiger partial charge is 0.150 e. The van der Waals surface area contributed by atoms with Gasteiger partial charge in [-0.1, -0.05) is 35.9 Å². The van der Waals surface area contributed by atoms with Crippen molar-refractivity contribution in [3.8, 4) is 0 Å². The summed E-state index contributed by atoms with van der Waals surface area (Å²) in [5, 5.41) is 0. The lowest BCUT2D eigenvalue weighted by molar-refractivity contribution is 0.112. The van der Waals surface area contributed by atoms with Crippen molar-refractivity contribution in [3.05, 3.63) is 64.7 Å². The van der Waals surface area contributed by atoms with Gasteiger partial charge in [0.15, 0.2) is 0 Å². The molecule has 2 rings (SSSR count). The van der Waals surface area contributed by atoms with E-state index in [4.69, 9.17) is 0 Å². The zero-order valence-corrected chi connectivity index (χ0v) is 11.5. The average Bonchev–Trinajstić information content (AvgIpc) is 2.40. The first-order valence-corrected chi connectivity index (χ1v) is 6.92. The molecule has 0 spiro atoms. The van der Waals surface area contributed by atoms with Crippen molar-refractivity contribution in [2.45, 2.75) is 24.5 Å². The van der Waals surface area contributed by atoms with Crippen molar-refractivity contribution in [1.29, 1.82) is 0 Å². The minimum atomic E-state index is 0.728. The Kier molecular flexibility index (Phi) is 4.21. The summed E-state index contributed by atoms with van der Waals surface area (Å²) in [6, 6.07) is 14.3. The monoisotopic (exact) mass is 256 g/mol. The number of rotatable bonds is 4. The third kappa shape index (κ3) is 3.23. The summed E-state index contributed by atoms with van der Waals surface area (Å²) in [4.78, 5) is 11.8. The number of thioether (sulfide) groups is 1. The number of benzene rings is 2. The Morgan fingerprint density at radius 2 is 1.78 bits per heavy atom. The van der Waals surface area contributed by atoms with E-state index in [0.717, 1.165) is 17.6 Å². The van der Waals surface area contributed by atoms with Gasteiger partial charge in [-0.3, -0.25) is 4.79 Å². The van der Waals surface area contributed by atoms with Crippen LogP contribution in [-0.2, 0) is 5.75 Å². The maximum atomic E-state index is 10.6. The van der Waals surface area contributed by atoms with E-state index < -0.39 is 0 Å². The Hall–Kier alpha value is -1.54. The van der Waals surface area contributed by atoms with Gasteiger partial charge in [0.2, 0.25) is 0 Å². The standard InChI is InChI=1S/C16H16OS/c1-12-3-4-13(2)15(9-12)11-18-16-7-5-14(10-17)6-8-16/h3-10H,11H2,1-2H3. The normalized spacial score (nSPS) is 10.3. The summed E-state index contributed by atoms with van der Waals surface area (Å²) in [6.45, 7) is 4.26. The number of aryl methyl sites for hydroxylation is 2. The van der Waals surface area contributed by atoms with Crippen molar-refractivity contribution in [2.75, 3.05) is 0 Å². The van der Waals surface area contributed by atoms with Gasteiger partial charge in [0.05, 0.1) is 0 Å². The molecule has 0 N–H and O–H groups in total. The van der Waals surface area contributed by atoms with E-state index in [-0.39, 0.29) is 0 Å². The fourth-order valence-electron chi connectivity index (χ4n) is 1.76. The van der Waals surface area contributed by atoms with Gasteiger partial charge >= 0.3 is 0 Å². The van der Waals surface area contributed by atoms with E-state index in [1.54, 1.807) is 11.8 Å². The Bertz CT molecular complexity index is 544. The maximum Gasteiger partial charge on any atom is 0.150 e. The second-order valence-electron chi connectivity index (χ2n) is 4.41. The summed E-state index contributed by atoms with van der Waals surface area (Å²) < 4.78 is 0. The first kappa shape index (κ1) is 12.9. The van der Waals surface area contributed by atoms with Crippen LogP contribution in [0.25, 0.3) is 0 Å². The predicted molar refractivity (Wildman–Crippen MR) is 77.3 cm³/mol. The van der Waals surface area contributed by atoms with E-state index in [9.17, 15) is 4.79 Å². The molecule has 0 aromatic heterocycles. The molecule has 0 atom stereocenters. The van der Waals surface area contributed by atoms with Gasteiger partial charge < -0.3 is 0 Å². The van der Waals surface area contributed by atoms with Gasteiger partial charge in [-0.2, -0.15) is 0 Å². The number of hydrogen-bond acceptors (Lipinski definition) is 2. The zero-order valence-electron chi connectivity index (χ0n) is 10.6. The molecule has 0 aliphatic carbocycles. The molecule has 2 heteroatoms. The van der Waals surface area contributed by atoms with E-state index in [2.05, 4.69) is 32.0 Å². The van der Waals surface area contributed by atoms with Gasteiger partial charge in [0.25, 0.3) is 0 Å². The highest BCUT2D eigenvalue weighted by Gasteiger charge is 2.01. The van der Waals surface area contributed by atoms with Crippen molar-refractivity contribution in [1.82, 2.24) is 0 Å². The Morgan fingerprint density at radius 1 is 1.06 bits per heavy atom. The molecule has 0 saturated heterocycles. The van der Waals surface area contributed by atoms with Crippen LogP contribution in [0.15, 0.2) is 47.4 Å². The number of aldehydes is 1. The lowest BCUT2D eigenvalue weighted by Gasteiger charge is -2.07. The summed E-state index contributed by atoms with van der Waals surface area (Å²) in [7, 11) is 0. The van der Waals surface area contributed by atoms with Crippen molar-refractivity contribution >= 4 is 18.0 Å². The Balaban J connectivity index is 2.06. The van der Waals surface area contributed by atoms with Crippen molar-refractivity contribution < 1.29 is 4.79 Å². The second kappa shape index (κ2) is 5.87. The summed E-state index contributed by atoms with van der Waals surface area (Å²) in [6.07, 6.45) is 0.874. The van der Waals surface area contributed by atoms with Gasteiger partial charge in [-0.05, 0) is 37.1 Å². The molecular formula is C16H16OS. The molecule has 0 aliphatic heterocycles. The van der Waals surface area contributed by atoms with Crippen LogP contribution < -0.4 is 0 Å². The van der Waals surface area contributed by atoms with Gasteiger partial charge in [0.1, 0.15) is 6.29 Å². The van der Waals surface area contributed by atoms with Crippen molar-refractivity contribution in [2.24, 2.45) is 0 Å². The highest BCUT2D eigenvalue weighted by atomic mass is 32.2. The number of carbonyl (C=O) groups excluding carboxylic acids is 1. The van der Waals surface area contributed by atoms with Crippen LogP contribution in [0.4, 0.5) is 0 Å². The van der Waals surface area contributed by atoms with Crippen LogP contribution in [0.2, 0.25) is 0 Å². The quantitative estimate of drug-likeness (QED) is 0.595. The van der Waals surface area contributed by atoms with Crippen LogP contribution in [0, 0.1) is 13.8 Å². The van der Waals surface area contributed by atoms with Crippen LogP contribution in [-0.4, -0.2) is 6.29 Å². The molecule has 0 radical (unpaired) electrons. The van der Waals surface area contributed by atoms with Gasteiger partial charge in [-0.15, -0.1) is 11.8 Å². The lowest BCUT2D eigenvalue weighted by Crippen LogP contribution is -1.88. The second-order valence-corrected chi connectivity index (χ2v) is 5.45. The SMILES string of the molecule is Cc1ccc(C)c(CSc2ccc(C=O)cc2)c1. The third-order valence-corrected chi connectivity index (χ3v) is 3.98. The minimum Gasteiger partial charge on any atom is -0.298 e. The van der Waals surface area contributed by atoms with E-state index in [1.165, 1.54) is 21.6 Å². The molecule has 18 heavy (non-hydrogen) atoms. The molecule has 2 aromatic carbocycles. The Labute approximate surface area is 112 Å². The molecule has 0 saturated carbocycles.